The SMILES string of the molecule is COc1ccccc1N1CCN(C(=O)CSc2nc3ccc(C)cc3cc2C#N)CC1. The van der Waals surface area contributed by atoms with Crippen molar-refractivity contribution < 1.29 is 9.53 Å². The molecule has 0 bridgehead atoms. The maximum absolute atomic E-state index is 12.8. The molecule has 3 aromatic rings. The number of carbonyl (C=O) groups is 1. The van der Waals surface area contributed by atoms with E-state index in [1.54, 1.807) is 7.11 Å². The number of rotatable bonds is 5. The molecule has 0 aliphatic carbocycles. The molecule has 0 spiro atoms. The fourth-order valence-corrected chi connectivity index (χ4v) is 4.64. The zero-order chi connectivity index (χ0) is 21.8. The van der Waals surface area contributed by atoms with Crippen molar-refractivity contribution >= 4 is 34.3 Å². The lowest BCUT2D eigenvalue weighted by molar-refractivity contribution is -0.128. The average molecular weight is 433 g/mol. The van der Waals surface area contributed by atoms with Crippen LogP contribution >= 0.6 is 11.8 Å². The topological polar surface area (TPSA) is 69.5 Å². The lowest BCUT2D eigenvalue weighted by Gasteiger charge is -2.36. The maximum atomic E-state index is 12.8. The zero-order valence-corrected chi connectivity index (χ0v) is 18.5. The molecule has 1 saturated heterocycles. The number of fused-ring (bicyclic) bond motifs is 1. The molecule has 2 aromatic carbocycles. The van der Waals surface area contributed by atoms with E-state index in [-0.39, 0.29) is 11.7 Å². The van der Waals surface area contributed by atoms with Crippen molar-refractivity contribution in [1.82, 2.24) is 9.88 Å². The van der Waals surface area contributed by atoms with Crippen LogP contribution in [0.1, 0.15) is 11.1 Å². The zero-order valence-electron chi connectivity index (χ0n) is 17.7. The van der Waals surface area contributed by atoms with Gasteiger partial charge in [-0.3, -0.25) is 4.79 Å². The number of aryl methyl sites for hydroxylation is 1. The van der Waals surface area contributed by atoms with Gasteiger partial charge in [-0.2, -0.15) is 5.26 Å². The number of carbonyl (C=O) groups excluding carboxylic acids is 1. The molecular formula is C24H24N4O2S. The number of thioether (sulfide) groups is 1. The summed E-state index contributed by atoms with van der Waals surface area (Å²) in [5.74, 6) is 1.19. The second-order valence-electron chi connectivity index (χ2n) is 7.48. The molecule has 1 aromatic heterocycles. The number of hydrogen-bond acceptors (Lipinski definition) is 6. The summed E-state index contributed by atoms with van der Waals surface area (Å²) in [6.07, 6.45) is 0. The predicted octanol–water partition coefficient (Wildman–Crippen LogP) is 3.86. The Hall–Kier alpha value is -3.24. The summed E-state index contributed by atoms with van der Waals surface area (Å²) in [7, 11) is 1.67. The molecule has 158 valence electrons. The number of nitriles is 1. The molecule has 6 nitrogen and oxygen atoms in total. The molecule has 0 radical (unpaired) electrons. The van der Waals surface area contributed by atoms with Crippen LogP contribution in [0.2, 0.25) is 0 Å². The fraction of sp³-hybridized carbons (Fsp3) is 0.292. The van der Waals surface area contributed by atoms with E-state index in [4.69, 9.17) is 4.74 Å². The van der Waals surface area contributed by atoms with Gasteiger partial charge in [-0.25, -0.2) is 4.98 Å². The number of aromatic nitrogens is 1. The molecule has 2 heterocycles. The van der Waals surface area contributed by atoms with Crippen LogP contribution in [-0.4, -0.2) is 54.8 Å². The maximum Gasteiger partial charge on any atom is 0.233 e. The number of methoxy groups -OCH3 is 1. The number of hydrogen-bond donors (Lipinski definition) is 0. The van der Waals surface area contributed by atoms with E-state index in [9.17, 15) is 10.1 Å². The number of anilines is 1. The second-order valence-corrected chi connectivity index (χ2v) is 8.44. The van der Waals surface area contributed by atoms with Gasteiger partial charge in [0.2, 0.25) is 5.91 Å². The normalized spacial score (nSPS) is 13.8. The number of piperazine rings is 1. The van der Waals surface area contributed by atoms with Crippen molar-refractivity contribution in [3.05, 3.63) is 59.7 Å². The highest BCUT2D eigenvalue weighted by molar-refractivity contribution is 8.00. The van der Waals surface area contributed by atoms with Crippen molar-refractivity contribution in [2.24, 2.45) is 0 Å². The molecule has 1 aliphatic heterocycles. The van der Waals surface area contributed by atoms with Gasteiger partial charge in [0.05, 0.1) is 29.6 Å². The quantitative estimate of drug-likeness (QED) is 0.570. The van der Waals surface area contributed by atoms with E-state index in [0.29, 0.717) is 23.7 Å². The molecule has 1 fully saturated rings. The summed E-state index contributed by atoms with van der Waals surface area (Å²) in [6.45, 7) is 4.85. The fourth-order valence-electron chi connectivity index (χ4n) is 3.78. The van der Waals surface area contributed by atoms with E-state index in [1.165, 1.54) is 11.8 Å². The number of nitrogens with zero attached hydrogens (tertiary/aromatic N) is 4. The van der Waals surface area contributed by atoms with Gasteiger partial charge in [-0.1, -0.05) is 35.5 Å². The van der Waals surface area contributed by atoms with Gasteiger partial charge in [-0.05, 0) is 37.3 Å². The predicted molar refractivity (Wildman–Crippen MR) is 124 cm³/mol. The van der Waals surface area contributed by atoms with Gasteiger partial charge in [0, 0.05) is 31.6 Å². The smallest absolute Gasteiger partial charge is 0.233 e. The molecule has 0 N–H and O–H groups in total. The second kappa shape index (κ2) is 9.27. The van der Waals surface area contributed by atoms with Gasteiger partial charge in [0.15, 0.2) is 0 Å². The number of ether oxygens (including phenoxy) is 1. The minimum absolute atomic E-state index is 0.0689. The van der Waals surface area contributed by atoms with Gasteiger partial charge >= 0.3 is 0 Å². The molecule has 1 aliphatic rings. The van der Waals surface area contributed by atoms with Crippen LogP contribution in [0.5, 0.6) is 5.75 Å². The molecule has 4 rings (SSSR count). The summed E-state index contributed by atoms with van der Waals surface area (Å²) >= 11 is 1.34. The van der Waals surface area contributed by atoms with Crippen molar-refractivity contribution in [3.8, 4) is 11.8 Å². The number of benzene rings is 2. The molecule has 7 heteroatoms. The van der Waals surface area contributed by atoms with Crippen LogP contribution in [0.15, 0.2) is 53.6 Å². The summed E-state index contributed by atoms with van der Waals surface area (Å²) in [4.78, 5) is 21.6. The standard InChI is InChI=1S/C24H24N4O2S/c1-17-7-8-20-18(13-17)14-19(15-25)24(26-20)31-16-23(29)28-11-9-27(10-12-28)21-5-3-4-6-22(21)30-2/h3-8,13-14H,9-12,16H2,1-2H3. The van der Waals surface area contributed by atoms with Gasteiger partial charge in [0.1, 0.15) is 16.8 Å². The number of para-hydroxylation sites is 2. The van der Waals surface area contributed by atoms with Crippen LogP contribution < -0.4 is 9.64 Å². The highest BCUT2D eigenvalue weighted by atomic mass is 32.2. The largest absolute Gasteiger partial charge is 0.495 e. The van der Waals surface area contributed by atoms with E-state index in [2.05, 4.69) is 16.0 Å². The van der Waals surface area contributed by atoms with Crippen molar-refractivity contribution in [3.63, 3.8) is 0 Å². The van der Waals surface area contributed by atoms with Gasteiger partial charge in [-0.15, -0.1) is 0 Å². The molecule has 0 atom stereocenters. The Bertz CT molecular complexity index is 1150. The van der Waals surface area contributed by atoms with Crippen molar-refractivity contribution in [2.45, 2.75) is 11.9 Å². The third-order valence-electron chi connectivity index (χ3n) is 5.45. The lowest BCUT2D eigenvalue weighted by Crippen LogP contribution is -2.49. The van der Waals surface area contributed by atoms with Crippen LogP contribution in [0.3, 0.4) is 0 Å². The molecule has 0 saturated carbocycles. The van der Waals surface area contributed by atoms with Crippen LogP contribution in [0.25, 0.3) is 10.9 Å². The first-order chi connectivity index (χ1) is 15.1. The van der Waals surface area contributed by atoms with E-state index in [0.717, 1.165) is 41.0 Å². The van der Waals surface area contributed by atoms with E-state index in [1.807, 2.05) is 60.4 Å². The minimum atomic E-state index is 0.0689. The average Bonchev–Trinajstić information content (AvgIpc) is 2.82. The Labute approximate surface area is 186 Å². The van der Waals surface area contributed by atoms with Crippen LogP contribution in [-0.2, 0) is 4.79 Å². The summed E-state index contributed by atoms with van der Waals surface area (Å²) in [5.41, 5.74) is 3.53. The third kappa shape index (κ3) is 4.59. The molecule has 31 heavy (non-hydrogen) atoms. The van der Waals surface area contributed by atoms with Crippen LogP contribution in [0, 0.1) is 18.3 Å². The first-order valence-electron chi connectivity index (χ1n) is 10.2. The Balaban J connectivity index is 1.39. The van der Waals surface area contributed by atoms with E-state index >= 15 is 0 Å². The van der Waals surface area contributed by atoms with Crippen molar-refractivity contribution in [2.75, 3.05) is 43.9 Å². The minimum Gasteiger partial charge on any atom is -0.495 e. The lowest BCUT2D eigenvalue weighted by atomic mass is 10.1. The van der Waals surface area contributed by atoms with Gasteiger partial charge < -0.3 is 14.5 Å². The Morgan fingerprint density at radius 2 is 1.94 bits per heavy atom. The van der Waals surface area contributed by atoms with Gasteiger partial charge in [0.25, 0.3) is 0 Å². The molecule has 0 unspecified atom stereocenters. The van der Waals surface area contributed by atoms with Crippen LogP contribution in [0.4, 0.5) is 5.69 Å². The Morgan fingerprint density at radius 3 is 2.68 bits per heavy atom. The van der Waals surface area contributed by atoms with E-state index < -0.39 is 0 Å². The molecular weight excluding hydrogens is 408 g/mol. The highest BCUT2D eigenvalue weighted by Gasteiger charge is 2.23. The number of amides is 1. The summed E-state index contributed by atoms with van der Waals surface area (Å²) in [5, 5.41) is 11.1. The van der Waals surface area contributed by atoms with Crippen molar-refractivity contribution in [1.29, 1.82) is 5.26 Å². The third-order valence-corrected chi connectivity index (χ3v) is 6.42. The Morgan fingerprint density at radius 1 is 1.16 bits per heavy atom. The summed E-state index contributed by atoms with van der Waals surface area (Å²) < 4.78 is 5.46. The highest BCUT2D eigenvalue weighted by Crippen LogP contribution is 2.29. The first-order valence-corrected chi connectivity index (χ1v) is 11.2. The summed E-state index contributed by atoms with van der Waals surface area (Å²) in [6, 6.07) is 18.0. The molecule has 1 amide bonds. The number of pyridine rings is 1. The monoisotopic (exact) mass is 432 g/mol. The Kier molecular flexibility index (Phi) is 6.28. The first kappa shape index (κ1) is 21.0.